The van der Waals surface area contributed by atoms with E-state index in [2.05, 4.69) is 0 Å². The van der Waals surface area contributed by atoms with Crippen molar-refractivity contribution >= 4 is 15.7 Å². The number of amides is 1. The van der Waals surface area contributed by atoms with Gasteiger partial charge in [-0.25, -0.2) is 12.8 Å². The molecule has 1 amide bonds. The summed E-state index contributed by atoms with van der Waals surface area (Å²) in [6.07, 6.45) is 0.904. The third-order valence-corrected chi connectivity index (χ3v) is 6.69. The molecule has 126 valence electrons. The lowest BCUT2D eigenvalue weighted by Crippen LogP contribution is -2.38. The highest BCUT2D eigenvalue weighted by Gasteiger charge is 2.36. The molecule has 0 aromatic heterocycles. The van der Waals surface area contributed by atoms with E-state index in [1.807, 2.05) is 0 Å². The summed E-state index contributed by atoms with van der Waals surface area (Å²) in [5.74, 6) is -0.870. The fraction of sp³-hybridized carbons (Fsp3) is 0.562. The Morgan fingerprint density at radius 3 is 2.70 bits per heavy atom. The first-order chi connectivity index (χ1) is 11.0. The van der Waals surface area contributed by atoms with Crippen LogP contribution in [-0.2, 0) is 19.4 Å². The largest absolute Gasteiger partial charge is 0.381 e. The molecule has 0 saturated carbocycles. The summed E-state index contributed by atoms with van der Waals surface area (Å²) in [5, 5.41) is -0.888. The Morgan fingerprint density at radius 2 is 2.00 bits per heavy atom. The van der Waals surface area contributed by atoms with E-state index in [4.69, 9.17) is 4.74 Å². The van der Waals surface area contributed by atoms with Crippen molar-refractivity contribution in [2.45, 2.75) is 18.1 Å². The van der Waals surface area contributed by atoms with Crippen LogP contribution in [0.15, 0.2) is 24.3 Å². The van der Waals surface area contributed by atoms with Gasteiger partial charge in [-0.15, -0.1) is 0 Å². The molecule has 5 nitrogen and oxygen atoms in total. The first kappa shape index (κ1) is 16.4. The summed E-state index contributed by atoms with van der Waals surface area (Å²) in [5.41, 5.74) is 0.200. The molecule has 3 rings (SSSR count). The predicted octanol–water partition coefficient (Wildman–Crippen LogP) is 1.55. The topological polar surface area (TPSA) is 63.7 Å². The second-order valence-corrected chi connectivity index (χ2v) is 8.35. The normalized spacial score (nSPS) is 27.6. The highest BCUT2D eigenvalue weighted by Crippen LogP contribution is 2.31. The maximum atomic E-state index is 14.0. The van der Waals surface area contributed by atoms with Crippen LogP contribution in [0.25, 0.3) is 0 Å². The Bertz CT molecular complexity index is 685. The van der Waals surface area contributed by atoms with E-state index in [1.54, 1.807) is 11.0 Å². The summed E-state index contributed by atoms with van der Waals surface area (Å²) in [4.78, 5) is 14.0. The van der Waals surface area contributed by atoms with Crippen molar-refractivity contribution in [3.8, 4) is 0 Å². The fourth-order valence-corrected chi connectivity index (χ4v) is 5.04. The number of carbonyl (C=O) groups excluding carboxylic acids is 1. The van der Waals surface area contributed by atoms with Gasteiger partial charge in [-0.05, 0) is 18.9 Å². The molecule has 2 saturated heterocycles. The highest BCUT2D eigenvalue weighted by molar-refractivity contribution is 7.91. The van der Waals surface area contributed by atoms with Crippen molar-refractivity contribution < 1.29 is 22.3 Å². The van der Waals surface area contributed by atoms with E-state index in [0.717, 1.165) is 0 Å². The zero-order valence-electron chi connectivity index (χ0n) is 12.8. The third kappa shape index (κ3) is 3.40. The number of rotatable bonds is 2. The summed E-state index contributed by atoms with van der Waals surface area (Å²) >= 11 is 0. The standard InChI is InChI=1S/C16H20FNO4S/c17-14-4-2-1-3-13(14)15-5-7-18(8-10-23(15,20)21)16(19)12-6-9-22-11-12/h1-4,12,15H,5-11H2/t12-,15-/m0/s1. The second-order valence-electron chi connectivity index (χ2n) is 6.05. The van der Waals surface area contributed by atoms with E-state index >= 15 is 0 Å². The number of nitrogens with zero attached hydrogens (tertiary/aromatic N) is 1. The average Bonchev–Trinajstić information content (AvgIpc) is 3.00. The van der Waals surface area contributed by atoms with Gasteiger partial charge in [-0.2, -0.15) is 0 Å². The maximum Gasteiger partial charge on any atom is 0.228 e. The smallest absolute Gasteiger partial charge is 0.228 e. The van der Waals surface area contributed by atoms with E-state index < -0.39 is 20.9 Å². The molecule has 1 aromatic rings. The van der Waals surface area contributed by atoms with Crippen LogP contribution in [0, 0.1) is 11.7 Å². The Hall–Kier alpha value is -1.47. The number of hydrogen-bond acceptors (Lipinski definition) is 4. The van der Waals surface area contributed by atoms with Crippen LogP contribution in [0.1, 0.15) is 23.7 Å². The Labute approximate surface area is 135 Å². The van der Waals surface area contributed by atoms with E-state index in [1.165, 1.54) is 18.2 Å². The number of benzene rings is 1. The molecular weight excluding hydrogens is 321 g/mol. The van der Waals surface area contributed by atoms with Gasteiger partial charge in [0.05, 0.1) is 23.5 Å². The minimum absolute atomic E-state index is 0.0492. The molecule has 0 radical (unpaired) electrons. The van der Waals surface area contributed by atoms with Gasteiger partial charge in [0.2, 0.25) is 5.91 Å². The van der Waals surface area contributed by atoms with Gasteiger partial charge < -0.3 is 9.64 Å². The molecule has 2 aliphatic heterocycles. The molecule has 0 unspecified atom stereocenters. The van der Waals surface area contributed by atoms with Gasteiger partial charge >= 0.3 is 0 Å². The van der Waals surface area contributed by atoms with Crippen LogP contribution in [0.5, 0.6) is 0 Å². The van der Waals surface area contributed by atoms with Gasteiger partial charge in [0.1, 0.15) is 5.82 Å². The van der Waals surface area contributed by atoms with Gasteiger partial charge in [0.15, 0.2) is 9.84 Å². The lowest BCUT2D eigenvalue weighted by Gasteiger charge is -2.22. The summed E-state index contributed by atoms with van der Waals surface area (Å²) in [7, 11) is -3.49. The van der Waals surface area contributed by atoms with Crippen molar-refractivity contribution in [2.75, 3.05) is 32.1 Å². The zero-order valence-corrected chi connectivity index (χ0v) is 13.6. The SMILES string of the molecule is O=C([C@H]1CCOC1)N1CC[C@@H](c2ccccc2F)S(=O)(=O)CC1. The minimum Gasteiger partial charge on any atom is -0.381 e. The molecule has 2 aliphatic rings. The maximum absolute atomic E-state index is 14.0. The van der Waals surface area contributed by atoms with Crippen LogP contribution < -0.4 is 0 Å². The first-order valence-corrected chi connectivity index (χ1v) is 9.53. The molecule has 2 atom stereocenters. The van der Waals surface area contributed by atoms with Crippen LogP contribution in [0.3, 0.4) is 0 Å². The van der Waals surface area contributed by atoms with Crippen molar-refractivity contribution in [1.82, 2.24) is 4.90 Å². The van der Waals surface area contributed by atoms with E-state index in [0.29, 0.717) is 26.2 Å². The molecule has 2 heterocycles. The average molecular weight is 341 g/mol. The van der Waals surface area contributed by atoms with Gasteiger partial charge in [-0.3, -0.25) is 4.79 Å². The van der Waals surface area contributed by atoms with Crippen molar-refractivity contribution in [3.63, 3.8) is 0 Å². The fourth-order valence-electron chi connectivity index (χ4n) is 3.24. The Kier molecular flexibility index (Phi) is 4.68. The molecule has 0 spiro atoms. The number of hydrogen-bond donors (Lipinski definition) is 0. The van der Waals surface area contributed by atoms with Crippen LogP contribution in [-0.4, -0.2) is 51.3 Å². The number of sulfone groups is 1. The molecule has 0 N–H and O–H groups in total. The van der Waals surface area contributed by atoms with E-state index in [9.17, 15) is 17.6 Å². The number of halogens is 1. The molecular formula is C16H20FNO4S. The first-order valence-electron chi connectivity index (χ1n) is 7.81. The predicted molar refractivity (Wildman–Crippen MR) is 83.1 cm³/mol. The third-order valence-electron chi connectivity index (χ3n) is 4.58. The van der Waals surface area contributed by atoms with Gasteiger partial charge in [-0.1, -0.05) is 18.2 Å². The van der Waals surface area contributed by atoms with Gasteiger partial charge in [0, 0.05) is 25.3 Å². The lowest BCUT2D eigenvalue weighted by molar-refractivity contribution is -0.135. The van der Waals surface area contributed by atoms with Crippen molar-refractivity contribution in [2.24, 2.45) is 5.92 Å². The number of carbonyl (C=O) groups is 1. The quantitative estimate of drug-likeness (QED) is 0.819. The second kappa shape index (κ2) is 6.57. The molecule has 2 fully saturated rings. The summed E-state index contributed by atoms with van der Waals surface area (Å²) in [6.45, 7) is 1.47. The Balaban J connectivity index is 1.80. The Morgan fingerprint density at radius 1 is 1.22 bits per heavy atom. The molecule has 0 aliphatic carbocycles. The van der Waals surface area contributed by atoms with Crippen molar-refractivity contribution in [1.29, 1.82) is 0 Å². The van der Waals surface area contributed by atoms with E-state index in [-0.39, 0.29) is 36.1 Å². The van der Waals surface area contributed by atoms with Crippen LogP contribution >= 0.6 is 0 Å². The van der Waals surface area contributed by atoms with Crippen LogP contribution in [0.2, 0.25) is 0 Å². The number of ether oxygens (including phenoxy) is 1. The molecule has 0 bridgehead atoms. The molecule has 1 aromatic carbocycles. The van der Waals surface area contributed by atoms with Crippen molar-refractivity contribution in [3.05, 3.63) is 35.6 Å². The highest BCUT2D eigenvalue weighted by atomic mass is 32.2. The monoisotopic (exact) mass is 341 g/mol. The minimum atomic E-state index is -3.49. The lowest BCUT2D eigenvalue weighted by atomic mass is 10.1. The summed E-state index contributed by atoms with van der Waals surface area (Å²) in [6, 6.07) is 5.96. The molecule has 23 heavy (non-hydrogen) atoms. The van der Waals surface area contributed by atoms with Crippen LogP contribution in [0.4, 0.5) is 4.39 Å². The molecule has 7 heteroatoms. The zero-order chi connectivity index (χ0) is 16.4. The van der Waals surface area contributed by atoms with Gasteiger partial charge in [0.25, 0.3) is 0 Å². The summed E-state index contributed by atoms with van der Waals surface area (Å²) < 4.78 is 44.3.